The Morgan fingerprint density at radius 3 is 2.50 bits per heavy atom. The lowest BCUT2D eigenvalue weighted by molar-refractivity contribution is -0.149. The number of hydrogen-bond acceptors (Lipinski definition) is 4. The van der Waals surface area contributed by atoms with Crippen molar-refractivity contribution in [2.75, 3.05) is 7.11 Å². The van der Waals surface area contributed by atoms with Crippen molar-refractivity contribution in [3.05, 3.63) is 60.2 Å². The average Bonchev–Trinajstić information content (AvgIpc) is 2.55. The van der Waals surface area contributed by atoms with Gasteiger partial charge in [-0.3, -0.25) is 4.79 Å². The van der Waals surface area contributed by atoms with E-state index in [1.54, 1.807) is 18.9 Å². The van der Waals surface area contributed by atoms with Gasteiger partial charge in [0.15, 0.2) is 5.44 Å². The first kappa shape index (κ1) is 15.0. The summed E-state index contributed by atoms with van der Waals surface area (Å²) in [5.41, 5.74) is 1.03. The number of carbonyl (C=O) groups excluding carboxylic acids is 1. The molecule has 0 aromatic heterocycles. The van der Waals surface area contributed by atoms with Gasteiger partial charge in [0.25, 0.3) is 0 Å². The number of benzene rings is 2. The Hall–Kier alpha value is -1.94. The largest absolute Gasteiger partial charge is 0.497 e. The zero-order chi connectivity index (χ0) is 15.4. The minimum Gasteiger partial charge on any atom is -0.497 e. The summed E-state index contributed by atoms with van der Waals surface area (Å²) in [5, 5.41) is 0. The molecular formula is C18H18O3S. The van der Waals surface area contributed by atoms with Crippen molar-refractivity contribution in [1.29, 1.82) is 0 Å². The molecule has 0 radical (unpaired) electrons. The number of hydrogen-bond donors (Lipinski definition) is 0. The van der Waals surface area contributed by atoms with Crippen LogP contribution in [0.4, 0.5) is 0 Å². The molecule has 0 spiro atoms. The van der Waals surface area contributed by atoms with Crippen LogP contribution in [0.15, 0.2) is 59.5 Å². The minimum absolute atomic E-state index is 0.125. The van der Waals surface area contributed by atoms with E-state index in [4.69, 9.17) is 9.47 Å². The molecule has 2 aromatic rings. The van der Waals surface area contributed by atoms with Gasteiger partial charge in [-0.05, 0) is 35.7 Å². The number of ether oxygens (including phenoxy) is 2. The standard InChI is InChI=1S/C18H18O3S/c1-20-15-9-7-13(8-10-15)14-11-17(19)21-18(12-14)22-16-5-3-2-4-6-16/h2-10,14,18H,11-12H2,1H3/t14-,18-/m0/s1. The topological polar surface area (TPSA) is 35.5 Å². The Balaban J connectivity index is 1.71. The molecule has 1 aliphatic heterocycles. The Morgan fingerprint density at radius 2 is 1.82 bits per heavy atom. The summed E-state index contributed by atoms with van der Waals surface area (Å²) in [6, 6.07) is 18.0. The molecule has 0 saturated carbocycles. The molecule has 114 valence electrons. The van der Waals surface area contributed by atoms with Crippen LogP contribution in [0.25, 0.3) is 0 Å². The first-order valence-electron chi connectivity index (χ1n) is 7.30. The summed E-state index contributed by atoms with van der Waals surface area (Å²) in [6.45, 7) is 0. The normalized spacial score (nSPS) is 21.2. The van der Waals surface area contributed by atoms with E-state index < -0.39 is 0 Å². The molecule has 0 N–H and O–H groups in total. The second-order valence-electron chi connectivity index (χ2n) is 5.26. The molecule has 0 aliphatic carbocycles. The zero-order valence-electron chi connectivity index (χ0n) is 12.4. The molecule has 3 rings (SSSR count). The molecule has 0 unspecified atom stereocenters. The molecule has 1 saturated heterocycles. The van der Waals surface area contributed by atoms with Gasteiger partial charge in [0, 0.05) is 11.3 Å². The monoisotopic (exact) mass is 314 g/mol. The van der Waals surface area contributed by atoms with Gasteiger partial charge in [-0.1, -0.05) is 42.1 Å². The molecule has 1 heterocycles. The highest BCUT2D eigenvalue weighted by Crippen LogP contribution is 2.38. The Bertz CT molecular complexity index is 625. The van der Waals surface area contributed by atoms with Gasteiger partial charge in [-0.15, -0.1) is 0 Å². The van der Waals surface area contributed by atoms with Crippen LogP contribution in [0.1, 0.15) is 24.3 Å². The van der Waals surface area contributed by atoms with E-state index in [-0.39, 0.29) is 17.3 Å². The number of carbonyl (C=O) groups is 1. The fourth-order valence-electron chi connectivity index (χ4n) is 2.61. The van der Waals surface area contributed by atoms with E-state index in [1.807, 2.05) is 54.6 Å². The van der Waals surface area contributed by atoms with Crippen LogP contribution >= 0.6 is 11.8 Å². The molecule has 1 aliphatic rings. The van der Waals surface area contributed by atoms with Gasteiger partial charge in [0.1, 0.15) is 5.75 Å². The average molecular weight is 314 g/mol. The maximum atomic E-state index is 11.9. The lowest BCUT2D eigenvalue weighted by atomic mass is 9.91. The SMILES string of the molecule is COc1ccc([C@H]2CC(=O)O[C@@H](Sc3ccccc3)C2)cc1. The third-order valence-electron chi connectivity index (χ3n) is 3.75. The summed E-state index contributed by atoms with van der Waals surface area (Å²) in [6.07, 6.45) is 1.27. The maximum absolute atomic E-state index is 11.9. The smallest absolute Gasteiger partial charge is 0.307 e. The van der Waals surface area contributed by atoms with Crippen molar-refractivity contribution in [3.8, 4) is 5.75 Å². The van der Waals surface area contributed by atoms with E-state index >= 15 is 0 Å². The van der Waals surface area contributed by atoms with E-state index in [1.165, 1.54) is 0 Å². The number of rotatable bonds is 4. The van der Waals surface area contributed by atoms with Crippen molar-refractivity contribution in [2.24, 2.45) is 0 Å². The van der Waals surface area contributed by atoms with Crippen LogP contribution < -0.4 is 4.74 Å². The van der Waals surface area contributed by atoms with Crippen molar-refractivity contribution in [3.63, 3.8) is 0 Å². The molecule has 4 heteroatoms. The first-order valence-corrected chi connectivity index (χ1v) is 8.17. The molecule has 0 bridgehead atoms. The van der Waals surface area contributed by atoms with Gasteiger partial charge in [-0.25, -0.2) is 0 Å². The van der Waals surface area contributed by atoms with Gasteiger partial charge in [0.2, 0.25) is 0 Å². The molecule has 2 atom stereocenters. The second kappa shape index (κ2) is 6.88. The summed E-state index contributed by atoms with van der Waals surface area (Å²) in [4.78, 5) is 13.0. The van der Waals surface area contributed by atoms with E-state index in [2.05, 4.69) is 0 Å². The van der Waals surface area contributed by atoms with E-state index in [0.29, 0.717) is 6.42 Å². The maximum Gasteiger partial charge on any atom is 0.307 e. The third-order valence-corrected chi connectivity index (χ3v) is 4.85. The van der Waals surface area contributed by atoms with E-state index in [0.717, 1.165) is 22.6 Å². The van der Waals surface area contributed by atoms with Crippen LogP contribution in [0.2, 0.25) is 0 Å². The molecular weight excluding hydrogens is 296 g/mol. The highest BCUT2D eigenvalue weighted by molar-refractivity contribution is 7.99. The molecule has 22 heavy (non-hydrogen) atoms. The number of methoxy groups -OCH3 is 1. The van der Waals surface area contributed by atoms with Crippen LogP contribution in [0, 0.1) is 0 Å². The Labute approximate surface area is 134 Å². The summed E-state index contributed by atoms with van der Waals surface area (Å²) in [5.74, 6) is 0.909. The highest BCUT2D eigenvalue weighted by Gasteiger charge is 2.30. The molecule has 3 nitrogen and oxygen atoms in total. The van der Waals surface area contributed by atoms with Crippen molar-refractivity contribution < 1.29 is 14.3 Å². The molecule has 0 amide bonds. The van der Waals surface area contributed by atoms with Crippen molar-refractivity contribution >= 4 is 17.7 Å². The molecule has 2 aromatic carbocycles. The van der Waals surface area contributed by atoms with Gasteiger partial charge in [0.05, 0.1) is 13.5 Å². The van der Waals surface area contributed by atoms with E-state index in [9.17, 15) is 4.79 Å². The van der Waals surface area contributed by atoms with Crippen LogP contribution in [0.5, 0.6) is 5.75 Å². The van der Waals surface area contributed by atoms with Crippen LogP contribution in [-0.2, 0) is 9.53 Å². The Kier molecular flexibility index (Phi) is 4.68. The quantitative estimate of drug-likeness (QED) is 0.791. The first-order chi connectivity index (χ1) is 10.7. The fourth-order valence-corrected chi connectivity index (χ4v) is 3.71. The highest BCUT2D eigenvalue weighted by atomic mass is 32.2. The van der Waals surface area contributed by atoms with Crippen LogP contribution in [0.3, 0.4) is 0 Å². The van der Waals surface area contributed by atoms with Crippen molar-refractivity contribution in [1.82, 2.24) is 0 Å². The van der Waals surface area contributed by atoms with Gasteiger partial charge >= 0.3 is 5.97 Å². The number of thioether (sulfide) groups is 1. The lowest BCUT2D eigenvalue weighted by Crippen LogP contribution is -2.26. The predicted octanol–water partition coefficient (Wildman–Crippen LogP) is 4.23. The summed E-state index contributed by atoms with van der Waals surface area (Å²) in [7, 11) is 1.65. The van der Waals surface area contributed by atoms with Crippen LogP contribution in [-0.4, -0.2) is 18.5 Å². The second-order valence-corrected chi connectivity index (χ2v) is 6.49. The summed E-state index contributed by atoms with van der Waals surface area (Å²) >= 11 is 1.61. The fraction of sp³-hybridized carbons (Fsp3) is 0.278. The zero-order valence-corrected chi connectivity index (χ0v) is 13.2. The number of cyclic esters (lactones) is 1. The van der Waals surface area contributed by atoms with Gasteiger partial charge in [-0.2, -0.15) is 0 Å². The predicted molar refractivity (Wildman–Crippen MR) is 87.1 cm³/mol. The minimum atomic E-state index is -0.129. The Morgan fingerprint density at radius 1 is 1.09 bits per heavy atom. The third kappa shape index (κ3) is 3.63. The van der Waals surface area contributed by atoms with Crippen molar-refractivity contribution in [2.45, 2.75) is 29.1 Å². The van der Waals surface area contributed by atoms with Gasteiger partial charge < -0.3 is 9.47 Å². The summed E-state index contributed by atoms with van der Waals surface area (Å²) < 4.78 is 10.7. The molecule has 1 fully saturated rings. The number of esters is 1. The lowest BCUT2D eigenvalue weighted by Gasteiger charge is -2.28.